The molecule has 94 valence electrons. The van der Waals surface area contributed by atoms with Crippen LogP contribution in [0.25, 0.3) is 0 Å². The SMILES string of the molecule is COCCN(CCO)CC1(CC(N)=S)CC1. The van der Waals surface area contributed by atoms with Crippen LogP contribution in [0, 0.1) is 5.41 Å². The lowest BCUT2D eigenvalue weighted by atomic mass is 10.0. The molecule has 1 aliphatic carbocycles. The predicted molar refractivity (Wildman–Crippen MR) is 68.5 cm³/mol. The van der Waals surface area contributed by atoms with Crippen molar-refractivity contribution in [2.75, 3.05) is 40.0 Å². The van der Waals surface area contributed by atoms with Crippen LogP contribution in [-0.2, 0) is 4.74 Å². The molecule has 0 atom stereocenters. The number of aliphatic hydroxyl groups is 1. The molecule has 0 unspecified atom stereocenters. The van der Waals surface area contributed by atoms with Gasteiger partial charge in [0.05, 0.1) is 18.2 Å². The first-order valence-electron chi connectivity index (χ1n) is 5.72. The summed E-state index contributed by atoms with van der Waals surface area (Å²) in [6, 6.07) is 0. The lowest BCUT2D eigenvalue weighted by Crippen LogP contribution is -2.36. The Balaban J connectivity index is 2.37. The number of ether oxygens (including phenoxy) is 1. The van der Waals surface area contributed by atoms with Crippen molar-refractivity contribution in [3.63, 3.8) is 0 Å². The molecule has 1 rings (SSSR count). The molecule has 3 N–H and O–H groups in total. The Kier molecular flexibility index (Phi) is 5.61. The summed E-state index contributed by atoms with van der Waals surface area (Å²) in [6.45, 7) is 3.41. The van der Waals surface area contributed by atoms with Crippen molar-refractivity contribution in [1.82, 2.24) is 4.90 Å². The number of nitrogens with two attached hydrogens (primary N) is 1. The van der Waals surface area contributed by atoms with E-state index in [1.165, 1.54) is 12.8 Å². The molecule has 0 radical (unpaired) electrons. The molecule has 0 amide bonds. The average molecular weight is 246 g/mol. The van der Waals surface area contributed by atoms with Crippen LogP contribution in [0.2, 0.25) is 0 Å². The van der Waals surface area contributed by atoms with E-state index >= 15 is 0 Å². The zero-order chi connectivity index (χ0) is 12.0. The number of hydrogen-bond donors (Lipinski definition) is 2. The van der Waals surface area contributed by atoms with E-state index in [-0.39, 0.29) is 12.0 Å². The molecule has 1 aliphatic rings. The van der Waals surface area contributed by atoms with Gasteiger partial charge >= 0.3 is 0 Å². The van der Waals surface area contributed by atoms with Gasteiger partial charge in [0, 0.05) is 33.2 Å². The van der Waals surface area contributed by atoms with E-state index in [0.29, 0.717) is 18.1 Å². The third kappa shape index (κ3) is 4.74. The Morgan fingerprint density at radius 2 is 2.19 bits per heavy atom. The molecule has 1 saturated carbocycles. The summed E-state index contributed by atoms with van der Waals surface area (Å²) in [7, 11) is 1.69. The minimum Gasteiger partial charge on any atom is -0.395 e. The van der Waals surface area contributed by atoms with Crippen LogP contribution in [0.1, 0.15) is 19.3 Å². The standard InChI is InChI=1S/C11H22N2O2S/c1-15-7-5-13(4-6-14)9-11(2-3-11)8-10(12)16/h14H,2-9H2,1H3,(H2,12,16). The van der Waals surface area contributed by atoms with Gasteiger partial charge in [-0.2, -0.15) is 0 Å². The maximum atomic E-state index is 9.00. The molecule has 0 aliphatic heterocycles. The van der Waals surface area contributed by atoms with Gasteiger partial charge in [-0.3, -0.25) is 4.90 Å². The maximum Gasteiger partial charge on any atom is 0.0733 e. The quantitative estimate of drug-likeness (QED) is 0.576. The van der Waals surface area contributed by atoms with Gasteiger partial charge in [0.2, 0.25) is 0 Å². The molecule has 0 heterocycles. The lowest BCUT2D eigenvalue weighted by Gasteiger charge is -2.26. The normalized spacial score (nSPS) is 17.7. The first-order valence-corrected chi connectivity index (χ1v) is 6.13. The molecule has 0 aromatic heterocycles. The Hall–Kier alpha value is -0.230. The van der Waals surface area contributed by atoms with Crippen LogP contribution in [0.4, 0.5) is 0 Å². The second-order valence-electron chi connectivity index (χ2n) is 4.64. The van der Waals surface area contributed by atoms with Gasteiger partial charge in [-0.1, -0.05) is 12.2 Å². The predicted octanol–water partition coefficient (Wildman–Crippen LogP) is 0.383. The number of aliphatic hydroxyl groups excluding tert-OH is 1. The molecule has 0 bridgehead atoms. The number of nitrogens with zero attached hydrogens (tertiary/aromatic N) is 1. The molecule has 16 heavy (non-hydrogen) atoms. The molecular formula is C11H22N2O2S. The van der Waals surface area contributed by atoms with Crippen LogP contribution < -0.4 is 5.73 Å². The molecule has 0 spiro atoms. The van der Waals surface area contributed by atoms with E-state index in [9.17, 15) is 0 Å². The summed E-state index contributed by atoms with van der Waals surface area (Å²) in [4.78, 5) is 2.84. The highest BCUT2D eigenvalue weighted by Crippen LogP contribution is 2.49. The third-order valence-electron chi connectivity index (χ3n) is 3.09. The molecule has 1 fully saturated rings. The largest absolute Gasteiger partial charge is 0.395 e. The highest BCUT2D eigenvalue weighted by Gasteiger charge is 2.43. The second kappa shape index (κ2) is 6.49. The summed E-state index contributed by atoms with van der Waals surface area (Å²) >= 11 is 4.97. The average Bonchev–Trinajstić information content (AvgIpc) is 2.93. The van der Waals surface area contributed by atoms with Crippen molar-refractivity contribution < 1.29 is 9.84 Å². The highest BCUT2D eigenvalue weighted by molar-refractivity contribution is 7.80. The van der Waals surface area contributed by atoms with E-state index < -0.39 is 0 Å². The Morgan fingerprint density at radius 3 is 2.62 bits per heavy atom. The Morgan fingerprint density at radius 1 is 1.50 bits per heavy atom. The van der Waals surface area contributed by atoms with Crippen molar-refractivity contribution in [3.05, 3.63) is 0 Å². The van der Waals surface area contributed by atoms with Crippen LogP contribution in [0.3, 0.4) is 0 Å². The van der Waals surface area contributed by atoms with Crippen molar-refractivity contribution >= 4 is 17.2 Å². The summed E-state index contributed by atoms with van der Waals surface area (Å²) in [6.07, 6.45) is 3.22. The fourth-order valence-corrected chi connectivity index (χ4v) is 2.35. The molecule has 0 aromatic rings. The second-order valence-corrected chi connectivity index (χ2v) is 5.16. The zero-order valence-electron chi connectivity index (χ0n) is 9.95. The number of hydrogen-bond acceptors (Lipinski definition) is 4. The zero-order valence-corrected chi connectivity index (χ0v) is 10.8. The van der Waals surface area contributed by atoms with Gasteiger partial charge in [-0.15, -0.1) is 0 Å². The smallest absolute Gasteiger partial charge is 0.0733 e. The minimum atomic E-state index is 0.187. The first kappa shape index (κ1) is 13.8. The molecule has 5 heteroatoms. The summed E-state index contributed by atoms with van der Waals surface area (Å²) in [5, 5.41) is 9.00. The fourth-order valence-electron chi connectivity index (χ4n) is 2.04. The van der Waals surface area contributed by atoms with Crippen LogP contribution in [0.5, 0.6) is 0 Å². The van der Waals surface area contributed by atoms with Crippen LogP contribution >= 0.6 is 12.2 Å². The number of methoxy groups -OCH3 is 1. The van der Waals surface area contributed by atoms with Crippen molar-refractivity contribution in [3.8, 4) is 0 Å². The van der Waals surface area contributed by atoms with E-state index in [4.69, 9.17) is 27.8 Å². The topological polar surface area (TPSA) is 58.7 Å². The summed E-state index contributed by atoms with van der Waals surface area (Å²) in [5.41, 5.74) is 5.89. The molecule has 0 saturated heterocycles. The van der Waals surface area contributed by atoms with E-state index in [1.807, 2.05) is 0 Å². The van der Waals surface area contributed by atoms with E-state index in [2.05, 4.69) is 4.90 Å². The monoisotopic (exact) mass is 246 g/mol. The Bertz CT molecular complexity index is 232. The van der Waals surface area contributed by atoms with Crippen LogP contribution in [-0.4, -0.2) is 55.0 Å². The molecular weight excluding hydrogens is 224 g/mol. The lowest BCUT2D eigenvalue weighted by molar-refractivity contribution is 0.116. The highest BCUT2D eigenvalue weighted by atomic mass is 32.1. The minimum absolute atomic E-state index is 0.187. The number of thiocarbonyl (C=S) groups is 1. The Labute approximate surface area is 103 Å². The van der Waals surface area contributed by atoms with E-state index in [1.54, 1.807) is 7.11 Å². The van der Waals surface area contributed by atoms with Crippen molar-refractivity contribution in [1.29, 1.82) is 0 Å². The van der Waals surface area contributed by atoms with Crippen molar-refractivity contribution in [2.24, 2.45) is 11.1 Å². The fraction of sp³-hybridized carbons (Fsp3) is 0.909. The van der Waals surface area contributed by atoms with Gasteiger partial charge < -0.3 is 15.6 Å². The summed E-state index contributed by atoms with van der Waals surface area (Å²) < 4.78 is 5.06. The van der Waals surface area contributed by atoms with E-state index in [0.717, 1.165) is 19.5 Å². The first-order chi connectivity index (χ1) is 7.62. The van der Waals surface area contributed by atoms with Crippen molar-refractivity contribution in [2.45, 2.75) is 19.3 Å². The van der Waals surface area contributed by atoms with Gasteiger partial charge in [-0.25, -0.2) is 0 Å². The maximum absolute atomic E-state index is 9.00. The van der Waals surface area contributed by atoms with Gasteiger partial charge in [0.15, 0.2) is 0 Å². The number of rotatable bonds is 9. The molecule has 4 nitrogen and oxygen atoms in total. The van der Waals surface area contributed by atoms with Gasteiger partial charge in [0.1, 0.15) is 0 Å². The summed E-state index contributed by atoms with van der Waals surface area (Å²) in [5.74, 6) is 0. The molecule has 0 aromatic carbocycles. The van der Waals surface area contributed by atoms with Crippen LogP contribution in [0.15, 0.2) is 0 Å². The van der Waals surface area contributed by atoms with Gasteiger partial charge in [-0.05, 0) is 18.3 Å². The third-order valence-corrected chi connectivity index (χ3v) is 3.24. The van der Waals surface area contributed by atoms with Gasteiger partial charge in [0.25, 0.3) is 0 Å².